The van der Waals surface area contributed by atoms with Gasteiger partial charge < -0.3 is 9.88 Å². The Morgan fingerprint density at radius 1 is 1.17 bits per heavy atom. The van der Waals surface area contributed by atoms with E-state index in [1.807, 2.05) is 10.0 Å². The lowest BCUT2D eigenvalue weighted by molar-refractivity contribution is -0.121. The number of rotatable bonds is 5. The molecule has 158 valence electrons. The number of halogens is 5. The van der Waals surface area contributed by atoms with Crippen molar-refractivity contribution in [2.75, 3.05) is 5.32 Å². The van der Waals surface area contributed by atoms with Gasteiger partial charge in [0.05, 0.1) is 5.69 Å². The molecule has 1 saturated carbocycles. The quantitative estimate of drug-likeness (QED) is 0.554. The molecule has 0 aromatic carbocycles. The molecule has 2 heterocycles. The number of hydrogen-bond donors (Lipinski definition) is 2. The van der Waals surface area contributed by atoms with Gasteiger partial charge in [-0.1, -0.05) is 0 Å². The second-order valence-corrected chi connectivity index (χ2v) is 8.75. The maximum Gasteiger partial charge on any atom is 0.275 e. The third kappa shape index (κ3) is 4.24. The summed E-state index contributed by atoms with van der Waals surface area (Å²) in [5, 5.41) is 2.03. The Morgan fingerprint density at radius 3 is 2.24 bits per heavy atom. The summed E-state index contributed by atoms with van der Waals surface area (Å²) in [6, 6.07) is 1.36. The van der Waals surface area contributed by atoms with E-state index in [0.717, 1.165) is 10.8 Å². The van der Waals surface area contributed by atoms with Crippen molar-refractivity contribution in [1.82, 2.24) is 14.3 Å². The van der Waals surface area contributed by atoms with Gasteiger partial charge >= 0.3 is 0 Å². The van der Waals surface area contributed by atoms with Gasteiger partial charge in [0, 0.05) is 43.8 Å². The van der Waals surface area contributed by atoms with Crippen molar-refractivity contribution in [2.45, 2.75) is 36.1 Å². The molecule has 1 aliphatic rings. The van der Waals surface area contributed by atoms with Gasteiger partial charge in [-0.25, -0.2) is 26.3 Å². The molecule has 0 spiro atoms. The first-order valence-electron chi connectivity index (χ1n) is 8.12. The lowest BCUT2D eigenvalue weighted by Gasteiger charge is -2.44. The number of hydrogen-bond acceptors (Lipinski definition) is 4. The van der Waals surface area contributed by atoms with E-state index in [1.54, 1.807) is 0 Å². The zero-order valence-electron chi connectivity index (χ0n) is 15.1. The molecule has 13 heteroatoms. The number of pyridine rings is 1. The monoisotopic (exact) mass is 438 g/mol. The van der Waals surface area contributed by atoms with Crippen LogP contribution in [-0.2, 0) is 17.1 Å². The highest BCUT2D eigenvalue weighted by molar-refractivity contribution is 7.89. The Kier molecular flexibility index (Phi) is 4.94. The highest BCUT2D eigenvalue weighted by atomic mass is 32.2. The molecule has 0 bridgehead atoms. The Bertz CT molecular complexity index is 1070. The van der Waals surface area contributed by atoms with Crippen LogP contribution in [0.4, 0.5) is 27.6 Å². The lowest BCUT2D eigenvalue weighted by atomic mass is 9.76. The number of amides is 1. The molecular formula is C16H15F5N4O3S. The van der Waals surface area contributed by atoms with Crippen LogP contribution in [0.15, 0.2) is 23.2 Å². The molecule has 29 heavy (non-hydrogen) atoms. The number of carbonyl (C=O) groups is 1. The smallest absolute Gasteiger partial charge is 0.275 e. The average molecular weight is 438 g/mol. The number of carbonyl (C=O) groups excluding carboxylic acids is 1. The number of nitrogens with zero attached hydrogens (tertiary/aromatic N) is 2. The van der Waals surface area contributed by atoms with Crippen LogP contribution in [0.5, 0.6) is 0 Å². The first kappa shape index (κ1) is 21.2. The normalized spacial score (nSPS) is 17.6. The topological polar surface area (TPSA) is 93.1 Å². The summed E-state index contributed by atoms with van der Waals surface area (Å²) in [6.07, 6.45) is -0.707. The summed E-state index contributed by atoms with van der Waals surface area (Å²) < 4.78 is 95.0. The zero-order valence-corrected chi connectivity index (χ0v) is 15.9. The van der Waals surface area contributed by atoms with E-state index in [4.69, 9.17) is 0 Å². The number of anilines is 1. The van der Waals surface area contributed by atoms with Crippen molar-refractivity contribution in [3.05, 3.63) is 41.7 Å². The first-order valence-corrected chi connectivity index (χ1v) is 9.61. The van der Waals surface area contributed by atoms with Crippen molar-refractivity contribution in [3.63, 3.8) is 0 Å². The third-order valence-corrected chi connectivity index (χ3v) is 5.92. The fourth-order valence-electron chi connectivity index (χ4n) is 3.28. The molecule has 2 aromatic rings. The summed E-state index contributed by atoms with van der Waals surface area (Å²) in [7, 11) is -3.40. The van der Waals surface area contributed by atoms with Gasteiger partial charge in [0.25, 0.3) is 11.8 Å². The number of alkyl halides is 2. The van der Waals surface area contributed by atoms with E-state index in [2.05, 4.69) is 4.98 Å². The van der Waals surface area contributed by atoms with Gasteiger partial charge in [-0.3, -0.25) is 4.79 Å². The molecule has 0 atom stereocenters. The number of aromatic nitrogens is 2. The molecule has 2 N–H and O–H groups in total. The van der Waals surface area contributed by atoms with Gasteiger partial charge in [-0.15, -0.1) is 0 Å². The SMILES string of the molecule is Cn1cc(S(=O)(=O)NC2(C)CC(F)(F)C2)c(F)c1C(=O)Nc1cc(F)nc(F)c1. The third-order valence-electron chi connectivity index (χ3n) is 4.29. The molecule has 0 radical (unpaired) electrons. The number of aryl methyl sites for hydroxylation is 1. The second kappa shape index (κ2) is 6.76. The van der Waals surface area contributed by atoms with Crippen LogP contribution < -0.4 is 10.0 Å². The predicted octanol–water partition coefficient (Wildman–Crippen LogP) is 2.56. The molecule has 7 nitrogen and oxygen atoms in total. The van der Waals surface area contributed by atoms with E-state index in [9.17, 15) is 35.2 Å². The summed E-state index contributed by atoms with van der Waals surface area (Å²) in [4.78, 5) is 14.2. The van der Waals surface area contributed by atoms with Crippen molar-refractivity contribution >= 4 is 21.6 Å². The summed E-state index contributed by atoms with van der Waals surface area (Å²) in [6.45, 7) is 1.25. The molecule has 2 aromatic heterocycles. The van der Waals surface area contributed by atoms with Crippen molar-refractivity contribution in [3.8, 4) is 0 Å². The van der Waals surface area contributed by atoms with Crippen LogP contribution >= 0.6 is 0 Å². The van der Waals surface area contributed by atoms with Gasteiger partial charge in [-0.2, -0.15) is 13.8 Å². The molecular weight excluding hydrogens is 423 g/mol. The summed E-state index contributed by atoms with van der Waals surface area (Å²) >= 11 is 0. The Morgan fingerprint density at radius 2 is 1.72 bits per heavy atom. The van der Waals surface area contributed by atoms with Crippen LogP contribution in [0.3, 0.4) is 0 Å². The zero-order chi connectivity index (χ0) is 21.8. The van der Waals surface area contributed by atoms with Gasteiger partial charge in [0.15, 0.2) is 5.82 Å². The molecule has 3 rings (SSSR count). The largest absolute Gasteiger partial charge is 0.343 e. The van der Waals surface area contributed by atoms with E-state index in [0.29, 0.717) is 12.1 Å². The Hall–Kier alpha value is -2.54. The van der Waals surface area contributed by atoms with Crippen LogP contribution in [-0.4, -0.2) is 35.3 Å². The number of nitrogens with one attached hydrogen (secondary N) is 2. The first-order chi connectivity index (χ1) is 13.2. The van der Waals surface area contributed by atoms with Crippen molar-refractivity contribution < 1.29 is 35.2 Å². The molecule has 1 amide bonds. The molecule has 1 aliphatic carbocycles. The van der Waals surface area contributed by atoms with E-state index < -0.39 is 68.5 Å². The van der Waals surface area contributed by atoms with Crippen LogP contribution in [0.1, 0.15) is 30.3 Å². The minimum Gasteiger partial charge on any atom is -0.343 e. The standard InChI is InChI=1S/C16H15F5N4O3S/c1-15(6-16(20,21)7-15)24-29(27,28)9-5-25(2)13(12(9)19)14(26)22-8-3-10(17)23-11(18)4-8/h3-5,24H,6-7H2,1-2H3,(H,22,23,26). The molecule has 0 unspecified atom stereocenters. The minimum absolute atomic E-state index is 0.368. The van der Waals surface area contributed by atoms with Crippen LogP contribution in [0, 0.1) is 17.7 Å². The molecule has 0 saturated heterocycles. The van der Waals surface area contributed by atoms with Crippen molar-refractivity contribution in [2.24, 2.45) is 7.05 Å². The molecule has 0 aliphatic heterocycles. The van der Waals surface area contributed by atoms with Gasteiger partial charge in [0.1, 0.15) is 10.6 Å². The Labute approximate surface area is 162 Å². The fourth-order valence-corrected chi connectivity index (χ4v) is 4.82. The lowest BCUT2D eigenvalue weighted by Crippen LogP contribution is -2.60. The predicted molar refractivity (Wildman–Crippen MR) is 90.4 cm³/mol. The Balaban J connectivity index is 1.87. The fraction of sp³-hybridized carbons (Fsp3) is 0.375. The second-order valence-electron chi connectivity index (χ2n) is 7.10. The maximum atomic E-state index is 14.7. The van der Waals surface area contributed by atoms with E-state index in [1.165, 1.54) is 14.0 Å². The van der Waals surface area contributed by atoms with Crippen LogP contribution in [0.2, 0.25) is 0 Å². The minimum atomic E-state index is -4.57. The van der Waals surface area contributed by atoms with Crippen molar-refractivity contribution in [1.29, 1.82) is 0 Å². The van der Waals surface area contributed by atoms with Crippen LogP contribution in [0.25, 0.3) is 0 Å². The summed E-state index contributed by atoms with van der Waals surface area (Å²) in [5.74, 6) is -8.11. The number of sulfonamides is 1. The van der Waals surface area contributed by atoms with E-state index >= 15 is 0 Å². The highest BCUT2D eigenvalue weighted by Crippen LogP contribution is 2.46. The van der Waals surface area contributed by atoms with Gasteiger partial charge in [-0.05, 0) is 6.92 Å². The van der Waals surface area contributed by atoms with E-state index in [-0.39, 0.29) is 5.69 Å². The maximum absolute atomic E-state index is 14.7. The highest BCUT2D eigenvalue weighted by Gasteiger charge is 2.55. The molecule has 1 fully saturated rings. The summed E-state index contributed by atoms with van der Waals surface area (Å²) in [5.41, 5.74) is -2.57. The van der Waals surface area contributed by atoms with Gasteiger partial charge in [0.2, 0.25) is 21.9 Å². The average Bonchev–Trinajstić information content (AvgIpc) is 2.78.